The van der Waals surface area contributed by atoms with E-state index >= 15 is 0 Å². The third-order valence-electron chi connectivity index (χ3n) is 3.67. The lowest BCUT2D eigenvalue weighted by Gasteiger charge is -2.30. The van der Waals surface area contributed by atoms with Gasteiger partial charge in [0.25, 0.3) is 0 Å². The highest BCUT2D eigenvalue weighted by Crippen LogP contribution is 2.23. The predicted octanol–water partition coefficient (Wildman–Crippen LogP) is 2.89. The van der Waals surface area contributed by atoms with Gasteiger partial charge in [-0.1, -0.05) is 40.5 Å². The lowest BCUT2D eigenvalue weighted by atomic mass is 10.1. The highest BCUT2D eigenvalue weighted by molar-refractivity contribution is 4.78. The number of nitrogens with one attached hydrogen (secondary N) is 1. The zero-order valence-corrected chi connectivity index (χ0v) is 11.6. The van der Waals surface area contributed by atoms with Crippen LogP contribution in [0.3, 0.4) is 0 Å². The van der Waals surface area contributed by atoms with E-state index in [0.717, 1.165) is 18.5 Å². The predicted molar refractivity (Wildman–Crippen MR) is 71.8 cm³/mol. The van der Waals surface area contributed by atoms with E-state index < -0.39 is 0 Å². The van der Waals surface area contributed by atoms with Crippen LogP contribution in [0.1, 0.15) is 53.4 Å². The maximum atomic E-state index is 3.54. The van der Waals surface area contributed by atoms with Crippen molar-refractivity contribution >= 4 is 0 Å². The molecule has 0 spiro atoms. The Morgan fingerprint density at radius 2 is 1.81 bits per heavy atom. The average Bonchev–Trinajstić information content (AvgIpc) is 2.76. The minimum atomic E-state index is 0.615. The van der Waals surface area contributed by atoms with Crippen molar-refractivity contribution in [2.45, 2.75) is 65.5 Å². The van der Waals surface area contributed by atoms with Crippen LogP contribution in [-0.4, -0.2) is 36.6 Å². The Labute approximate surface area is 102 Å². The van der Waals surface area contributed by atoms with Gasteiger partial charge in [0.05, 0.1) is 0 Å². The first-order valence-corrected chi connectivity index (χ1v) is 7.11. The Morgan fingerprint density at radius 1 is 1.19 bits per heavy atom. The number of nitrogens with zero attached hydrogens (tertiary/aromatic N) is 1. The largest absolute Gasteiger partial charge is 0.314 e. The normalized spacial score (nSPS) is 19.9. The summed E-state index contributed by atoms with van der Waals surface area (Å²) in [6.07, 6.45) is 5.75. The fourth-order valence-electron chi connectivity index (χ4n) is 2.71. The molecular weight excluding hydrogens is 196 g/mol. The van der Waals surface area contributed by atoms with Crippen molar-refractivity contribution in [2.75, 3.05) is 19.6 Å². The zero-order chi connectivity index (χ0) is 12.0. The van der Waals surface area contributed by atoms with E-state index in [9.17, 15) is 0 Å². The molecule has 0 aromatic carbocycles. The molecule has 1 atom stereocenters. The Morgan fingerprint density at radius 3 is 2.31 bits per heavy atom. The Hall–Kier alpha value is -0.0800. The second kappa shape index (κ2) is 7.29. The van der Waals surface area contributed by atoms with Gasteiger partial charge in [0.1, 0.15) is 0 Å². The molecular formula is C14H30N2. The van der Waals surface area contributed by atoms with E-state index in [2.05, 4.69) is 37.9 Å². The highest BCUT2D eigenvalue weighted by Gasteiger charge is 2.22. The molecule has 0 bridgehead atoms. The van der Waals surface area contributed by atoms with Crippen molar-refractivity contribution in [1.29, 1.82) is 0 Å². The van der Waals surface area contributed by atoms with Gasteiger partial charge in [0.2, 0.25) is 0 Å². The molecule has 1 saturated carbocycles. The van der Waals surface area contributed by atoms with Gasteiger partial charge in [-0.05, 0) is 31.8 Å². The van der Waals surface area contributed by atoms with Crippen LogP contribution in [-0.2, 0) is 0 Å². The molecule has 1 rings (SSSR count). The maximum Gasteiger partial charge on any atom is 0.00952 e. The number of hydrogen-bond acceptors (Lipinski definition) is 2. The Balaban J connectivity index is 2.25. The van der Waals surface area contributed by atoms with E-state index in [0.29, 0.717) is 6.04 Å². The van der Waals surface area contributed by atoms with Gasteiger partial charge in [0, 0.05) is 18.6 Å². The monoisotopic (exact) mass is 226 g/mol. The number of hydrogen-bond donors (Lipinski definition) is 1. The molecule has 0 aromatic heterocycles. The molecule has 0 aliphatic heterocycles. The molecule has 2 nitrogen and oxygen atoms in total. The molecule has 1 aliphatic rings. The fourth-order valence-corrected chi connectivity index (χ4v) is 2.71. The second-order valence-electron chi connectivity index (χ2n) is 5.69. The van der Waals surface area contributed by atoms with E-state index in [4.69, 9.17) is 0 Å². The summed E-state index contributed by atoms with van der Waals surface area (Å²) in [5.41, 5.74) is 0. The molecule has 1 aliphatic carbocycles. The van der Waals surface area contributed by atoms with Gasteiger partial charge >= 0.3 is 0 Å². The molecule has 96 valence electrons. The summed E-state index contributed by atoms with van der Waals surface area (Å²) < 4.78 is 0. The smallest absolute Gasteiger partial charge is 0.00952 e. The van der Waals surface area contributed by atoms with Gasteiger partial charge < -0.3 is 10.2 Å². The minimum absolute atomic E-state index is 0.615. The maximum absolute atomic E-state index is 3.54. The molecule has 1 unspecified atom stereocenters. The molecule has 0 heterocycles. The van der Waals surface area contributed by atoms with Crippen LogP contribution in [0, 0.1) is 5.92 Å². The van der Waals surface area contributed by atoms with Crippen molar-refractivity contribution in [3.8, 4) is 0 Å². The quantitative estimate of drug-likeness (QED) is 0.718. The number of rotatable bonds is 7. The van der Waals surface area contributed by atoms with Crippen molar-refractivity contribution in [1.82, 2.24) is 10.2 Å². The first kappa shape index (κ1) is 14.0. The topological polar surface area (TPSA) is 15.3 Å². The third-order valence-corrected chi connectivity index (χ3v) is 3.67. The molecule has 2 heteroatoms. The van der Waals surface area contributed by atoms with Gasteiger partial charge in [-0.15, -0.1) is 0 Å². The minimum Gasteiger partial charge on any atom is -0.314 e. The van der Waals surface area contributed by atoms with Crippen LogP contribution in [0.5, 0.6) is 0 Å². The summed E-state index contributed by atoms with van der Waals surface area (Å²) in [5.74, 6) is 0.767. The van der Waals surface area contributed by atoms with Gasteiger partial charge in [-0.25, -0.2) is 0 Å². The van der Waals surface area contributed by atoms with Crippen LogP contribution in [0.4, 0.5) is 0 Å². The van der Waals surface area contributed by atoms with Crippen molar-refractivity contribution < 1.29 is 0 Å². The summed E-state index contributed by atoms with van der Waals surface area (Å²) in [6.45, 7) is 12.8. The van der Waals surface area contributed by atoms with Crippen molar-refractivity contribution in [3.05, 3.63) is 0 Å². The SMILES string of the molecule is CCN(CC(C)CNC(C)C)C1CCCC1. The molecule has 16 heavy (non-hydrogen) atoms. The second-order valence-corrected chi connectivity index (χ2v) is 5.69. The van der Waals surface area contributed by atoms with Crippen molar-refractivity contribution in [3.63, 3.8) is 0 Å². The van der Waals surface area contributed by atoms with Gasteiger partial charge in [0.15, 0.2) is 0 Å². The van der Waals surface area contributed by atoms with E-state index in [1.807, 2.05) is 0 Å². The first-order valence-electron chi connectivity index (χ1n) is 7.11. The molecule has 1 N–H and O–H groups in total. The first-order chi connectivity index (χ1) is 7.63. The standard InChI is InChI=1S/C14H30N2/c1-5-16(14-8-6-7-9-14)11-13(4)10-15-12(2)3/h12-15H,5-11H2,1-4H3. The summed E-state index contributed by atoms with van der Waals surface area (Å²) in [5, 5.41) is 3.54. The molecule has 0 saturated heterocycles. The summed E-state index contributed by atoms with van der Waals surface area (Å²) >= 11 is 0. The third kappa shape index (κ3) is 4.84. The van der Waals surface area contributed by atoms with Crippen LogP contribution in [0.2, 0.25) is 0 Å². The van der Waals surface area contributed by atoms with Gasteiger partial charge in [-0.2, -0.15) is 0 Å². The van der Waals surface area contributed by atoms with Crippen LogP contribution < -0.4 is 5.32 Å². The Bertz CT molecular complexity index is 174. The lowest BCUT2D eigenvalue weighted by molar-refractivity contribution is 0.179. The summed E-state index contributed by atoms with van der Waals surface area (Å²) in [7, 11) is 0. The van der Waals surface area contributed by atoms with Crippen LogP contribution >= 0.6 is 0 Å². The van der Waals surface area contributed by atoms with Crippen LogP contribution in [0.25, 0.3) is 0 Å². The molecule has 0 radical (unpaired) electrons. The van der Waals surface area contributed by atoms with Crippen molar-refractivity contribution in [2.24, 2.45) is 5.92 Å². The molecule has 0 aromatic rings. The summed E-state index contributed by atoms with van der Waals surface area (Å²) in [4.78, 5) is 2.69. The zero-order valence-electron chi connectivity index (χ0n) is 11.6. The fraction of sp³-hybridized carbons (Fsp3) is 1.00. The molecule has 0 amide bonds. The summed E-state index contributed by atoms with van der Waals surface area (Å²) in [6, 6.07) is 1.50. The van der Waals surface area contributed by atoms with E-state index in [-0.39, 0.29) is 0 Å². The highest BCUT2D eigenvalue weighted by atomic mass is 15.2. The van der Waals surface area contributed by atoms with E-state index in [1.54, 1.807) is 0 Å². The van der Waals surface area contributed by atoms with Crippen LogP contribution in [0.15, 0.2) is 0 Å². The molecule has 1 fully saturated rings. The lowest BCUT2D eigenvalue weighted by Crippen LogP contribution is -2.40. The van der Waals surface area contributed by atoms with Gasteiger partial charge in [-0.3, -0.25) is 0 Å². The Kier molecular flexibility index (Phi) is 6.37. The van der Waals surface area contributed by atoms with E-state index in [1.165, 1.54) is 38.8 Å². The average molecular weight is 226 g/mol.